The minimum atomic E-state index is 0.710. The third-order valence-corrected chi connectivity index (χ3v) is 7.22. The Labute approximate surface area is 211 Å². The smallest absolute Gasteiger partial charge is 0.161 e. The Morgan fingerprint density at radius 2 is 1.78 bits per heavy atom. The first-order valence-electron chi connectivity index (χ1n) is 11.7. The summed E-state index contributed by atoms with van der Waals surface area (Å²) in [7, 11) is 0. The number of thiophene rings is 1. The average Bonchev–Trinajstić information content (AvgIpc) is 3.60. The maximum absolute atomic E-state index is 6.13. The van der Waals surface area contributed by atoms with Gasteiger partial charge >= 0.3 is 0 Å². The van der Waals surface area contributed by atoms with Gasteiger partial charge in [-0.25, -0.2) is 0 Å². The molecule has 6 nitrogen and oxygen atoms in total. The molecule has 0 aliphatic carbocycles. The summed E-state index contributed by atoms with van der Waals surface area (Å²) in [4.78, 5) is 4.37. The number of nitrogens with zero attached hydrogens (tertiary/aromatic N) is 3. The molecule has 0 fully saturated rings. The lowest BCUT2D eigenvalue weighted by Gasteiger charge is -2.12. The fourth-order valence-corrected chi connectivity index (χ4v) is 5.34. The minimum Gasteiger partial charge on any atom is -0.493 e. The van der Waals surface area contributed by atoms with Gasteiger partial charge in [0.2, 0.25) is 0 Å². The van der Waals surface area contributed by atoms with Crippen molar-refractivity contribution < 1.29 is 9.47 Å². The Morgan fingerprint density at radius 3 is 2.69 bits per heavy atom. The summed E-state index contributed by atoms with van der Waals surface area (Å²) in [6.07, 6.45) is 2.69. The first-order chi connectivity index (χ1) is 17.8. The van der Waals surface area contributed by atoms with Gasteiger partial charge in [-0.15, -0.1) is 21.5 Å². The maximum Gasteiger partial charge on any atom is 0.161 e. The molecule has 1 aliphatic heterocycles. The van der Waals surface area contributed by atoms with Crippen LogP contribution in [0.25, 0.3) is 32.2 Å². The van der Waals surface area contributed by atoms with E-state index in [0.717, 1.165) is 68.2 Å². The van der Waals surface area contributed by atoms with Crippen molar-refractivity contribution in [2.45, 2.75) is 6.42 Å². The zero-order valence-electron chi connectivity index (χ0n) is 19.1. The van der Waals surface area contributed by atoms with Crippen LogP contribution in [0, 0.1) is 0 Å². The van der Waals surface area contributed by atoms with E-state index in [2.05, 4.69) is 44.8 Å². The monoisotopic (exact) mass is 488 g/mol. The first-order valence-corrected chi connectivity index (χ1v) is 12.6. The molecular formula is C29H20N4O2S. The van der Waals surface area contributed by atoms with E-state index < -0.39 is 0 Å². The molecule has 174 valence electrons. The van der Waals surface area contributed by atoms with E-state index in [0.29, 0.717) is 5.82 Å². The topological polar surface area (TPSA) is 69.2 Å². The maximum atomic E-state index is 6.13. The minimum absolute atomic E-state index is 0.710. The highest BCUT2D eigenvalue weighted by Crippen LogP contribution is 2.36. The van der Waals surface area contributed by atoms with Crippen molar-refractivity contribution in [3.8, 4) is 28.5 Å². The van der Waals surface area contributed by atoms with Crippen LogP contribution < -0.4 is 14.8 Å². The van der Waals surface area contributed by atoms with Gasteiger partial charge in [-0.05, 0) is 59.5 Å². The summed E-state index contributed by atoms with van der Waals surface area (Å²) in [6.45, 7) is 0.735. The fraction of sp³-hybridized carbons (Fsp3) is 0.0690. The van der Waals surface area contributed by atoms with Crippen molar-refractivity contribution in [2.75, 3.05) is 11.9 Å². The molecule has 0 amide bonds. The summed E-state index contributed by atoms with van der Waals surface area (Å²) in [6, 6.07) is 26.2. The van der Waals surface area contributed by atoms with Gasteiger partial charge in [0.15, 0.2) is 5.82 Å². The van der Waals surface area contributed by atoms with Crippen LogP contribution in [0.15, 0.2) is 90.4 Å². The van der Waals surface area contributed by atoms with E-state index in [1.165, 1.54) is 5.56 Å². The number of fused-ring (bicyclic) bond motifs is 3. The lowest BCUT2D eigenvalue weighted by molar-refractivity contribution is 0.357. The molecule has 3 aromatic carbocycles. The van der Waals surface area contributed by atoms with Crippen LogP contribution in [0.1, 0.15) is 5.56 Å². The van der Waals surface area contributed by atoms with Crippen molar-refractivity contribution in [1.82, 2.24) is 15.2 Å². The predicted molar refractivity (Wildman–Crippen MR) is 144 cm³/mol. The molecule has 6 aromatic rings. The predicted octanol–water partition coefficient (Wildman–Crippen LogP) is 7.38. The summed E-state index contributed by atoms with van der Waals surface area (Å²) >= 11 is 1.62. The summed E-state index contributed by atoms with van der Waals surface area (Å²) in [5.74, 6) is 3.24. The molecule has 1 N–H and O–H groups in total. The number of rotatable bonds is 5. The van der Waals surface area contributed by atoms with Crippen molar-refractivity contribution in [3.05, 3.63) is 96.0 Å². The Bertz CT molecular complexity index is 1730. The van der Waals surface area contributed by atoms with E-state index in [1.807, 2.05) is 60.0 Å². The lowest BCUT2D eigenvalue weighted by atomic mass is 10.0. The van der Waals surface area contributed by atoms with Gasteiger partial charge in [0, 0.05) is 40.7 Å². The zero-order chi connectivity index (χ0) is 23.9. The highest BCUT2D eigenvalue weighted by Gasteiger charge is 2.16. The quantitative estimate of drug-likeness (QED) is 0.273. The second-order valence-electron chi connectivity index (χ2n) is 8.56. The molecular weight excluding hydrogens is 468 g/mol. The fourth-order valence-electron chi connectivity index (χ4n) is 4.54. The number of benzene rings is 3. The molecule has 0 spiro atoms. The van der Waals surface area contributed by atoms with Gasteiger partial charge in [0.1, 0.15) is 22.9 Å². The Hall–Kier alpha value is -4.49. The SMILES string of the molecule is c1ccc2c(-c3ccc4c(c3)CCO4)nnc(Nc3ccc(Oc4ccnc5ccsc45)cc3)c2c1. The van der Waals surface area contributed by atoms with Gasteiger partial charge < -0.3 is 14.8 Å². The molecule has 36 heavy (non-hydrogen) atoms. The molecule has 7 rings (SSSR count). The van der Waals surface area contributed by atoms with Crippen molar-refractivity contribution in [1.29, 1.82) is 0 Å². The molecule has 1 aliphatic rings. The molecule has 7 heteroatoms. The third kappa shape index (κ3) is 3.70. The Balaban J connectivity index is 1.17. The second-order valence-corrected chi connectivity index (χ2v) is 9.48. The number of ether oxygens (including phenoxy) is 2. The van der Waals surface area contributed by atoms with Crippen LogP contribution >= 0.6 is 11.3 Å². The van der Waals surface area contributed by atoms with Gasteiger partial charge in [-0.2, -0.15) is 0 Å². The summed E-state index contributed by atoms with van der Waals surface area (Å²) < 4.78 is 12.8. The summed E-state index contributed by atoms with van der Waals surface area (Å²) in [5, 5.41) is 16.7. The molecule has 0 saturated carbocycles. The van der Waals surface area contributed by atoms with Crippen LogP contribution in [0.5, 0.6) is 17.2 Å². The highest BCUT2D eigenvalue weighted by atomic mass is 32.1. The van der Waals surface area contributed by atoms with E-state index in [-0.39, 0.29) is 0 Å². The number of anilines is 2. The number of hydrogen-bond donors (Lipinski definition) is 1. The molecule has 0 saturated heterocycles. The zero-order valence-corrected chi connectivity index (χ0v) is 20.0. The van der Waals surface area contributed by atoms with Crippen LogP contribution in [0.3, 0.4) is 0 Å². The van der Waals surface area contributed by atoms with Gasteiger partial charge in [-0.1, -0.05) is 24.3 Å². The van der Waals surface area contributed by atoms with E-state index in [1.54, 1.807) is 17.5 Å². The van der Waals surface area contributed by atoms with Crippen LogP contribution in [0.4, 0.5) is 11.5 Å². The van der Waals surface area contributed by atoms with Crippen molar-refractivity contribution in [3.63, 3.8) is 0 Å². The van der Waals surface area contributed by atoms with E-state index >= 15 is 0 Å². The number of pyridine rings is 1. The third-order valence-electron chi connectivity index (χ3n) is 6.30. The molecule has 3 aromatic heterocycles. The second kappa shape index (κ2) is 8.62. The average molecular weight is 489 g/mol. The number of hydrogen-bond acceptors (Lipinski definition) is 7. The Morgan fingerprint density at radius 1 is 0.889 bits per heavy atom. The van der Waals surface area contributed by atoms with Crippen molar-refractivity contribution in [2.24, 2.45) is 0 Å². The molecule has 0 radical (unpaired) electrons. The molecule has 0 atom stereocenters. The van der Waals surface area contributed by atoms with Crippen molar-refractivity contribution >= 4 is 43.8 Å². The first kappa shape index (κ1) is 20.8. The molecule has 0 unspecified atom stereocenters. The van der Waals surface area contributed by atoms with Crippen LogP contribution in [0.2, 0.25) is 0 Å². The molecule has 0 bridgehead atoms. The lowest BCUT2D eigenvalue weighted by Crippen LogP contribution is -1.99. The standard InChI is InChI=1S/C29H20N4O2S/c1-2-4-23-22(3-1)27(19-5-10-25-18(17-19)12-15-34-25)32-33-29(23)31-20-6-8-21(9-7-20)35-26-11-14-30-24-13-16-36-28(24)26/h1-11,13-14,16-17H,12,15H2,(H,31,33). The largest absolute Gasteiger partial charge is 0.493 e. The number of nitrogens with one attached hydrogen (secondary N) is 1. The van der Waals surface area contributed by atoms with Crippen LogP contribution in [-0.2, 0) is 6.42 Å². The number of aromatic nitrogens is 3. The van der Waals surface area contributed by atoms with E-state index in [9.17, 15) is 0 Å². The van der Waals surface area contributed by atoms with Gasteiger partial charge in [-0.3, -0.25) is 4.98 Å². The van der Waals surface area contributed by atoms with Crippen LogP contribution in [-0.4, -0.2) is 21.8 Å². The molecule has 4 heterocycles. The normalized spacial score (nSPS) is 12.4. The summed E-state index contributed by atoms with van der Waals surface area (Å²) in [5.41, 5.74) is 4.98. The Kier molecular flexibility index (Phi) is 4.99. The highest BCUT2D eigenvalue weighted by molar-refractivity contribution is 7.17. The van der Waals surface area contributed by atoms with Gasteiger partial charge in [0.05, 0.1) is 16.8 Å². The van der Waals surface area contributed by atoms with E-state index in [4.69, 9.17) is 9.47 Å². The van der Waals surface area contributed by atoms with Gasteiger partial charge in [0.25, 0.3) is 0 Å².